The van der Waals surface area contributed by atoms with Crippen molar-refractivity contribution in [2.24, 2.45) is 0 Å². The van der Waals surface area contributed by atoms with Crippen LogP contribution in [0.2, 0.25) is 0 Å². The van der Waals surface area contributed by atoms with Gasteiger partial charge >= 0.3 is 5.97 Å². The van der Waals surface area contributed by atoms with Crippen molar-refractivity contribution in [3.63, 3.8) is 0 Å². The molecule has 104 valence electrons. The Kier molecular flexibility index (Phi) is 6.47. The van der Waals surface area contributed by atoms with Gasteiger partial charge < -0.3 is 15.7 Å². The molecule has 0 heterocycles. The lowest BCUT2D eigenvalue weighted by Crippen LogP contribution is -2.22. The van der Waals surface area contributed by atoms with E-state index in [1.165, 1.54) is 6.07 Å². The first kappa shape index (κ1) is 16.1. The van der Waals surface area contributed by atoms with Gasteiger partial charge in [0, 0.05) is 21.9 Å². The first-order chi connectivity index (χ1) is 8.95. The van der Waals surface area contributed by atoms with Crippen molar-refractivity contribution in [2.75, 3.05) is 18.4 Å². The molecular weight excluding hydrogens is 380 g/mol. The number of hydrogen-bond donors (Lipinski definition) is 3. The number of carbonyl (C=O) groups excluding carboxylic acids is 1. The molecule has 5 nitrogen and oxygen atoms in total. The minimum Gasteiger partial charge on any atom is -0.478 e. The Morgan fingerprint density at radius 1 is 1.32 bits per heavy atom. The summed E-state index contributed by atoms with van der Waals surface area (Å²) in [5.74, 6) is -1.32. The largest absolute Gasteiger partial charge is 0.478 e. The Hall–Kier alpha value is -0.920. The predicted molar refractivity (Wildman–Crippen MR) is 80.6 cm³/mol. The fraction of sp³-hybridized carbons (Fsp3) is 0.333. The molecule has 0 bridgehead atoms. The fourth-order valence-corrected chi connectivity index (χ4v) is 2.77. The van der Waals surface area contributed by atoms with Crippen LogP contribution in [0.25, 0.3) is 0 Å². The maximum atomic E-state index is 11.7. The van der Waals surface area contributed by atoms with Gasteiger partial charge in [-0.2, -0.15) is 0 Å². The predicted octanol–water partition coefficient (Wildman–Crippen LogP) is 2.85. The van der Waals surface area contributed by atoms with Gasteiger partial charge in [-0.3, -0.25) is 4.79 Å². The van der Waals surface area contributed by atoms with Crippen molar-refractivity contribution in [1.29, 1.82) is 0 Å². The smallest absolute Gasteiger partial charge is 0.337 e. The Morgan fingerprint density at radius 3 is 2.58 bits per heavy atom. The molecule has 0 aliphatic rings. The summed E-state index contributed by atoms with van der Waals surface area (Å²) >= 11 is 6.47. The summed E-state index contributed by atoms with van der Waals surface area (Å²) in [6, 6.07) is 3.14. The second-order valence-corrected chi connectivity index (χ2v) is 5.54. The lowest BCUT2D eigenvalue weighted by Gasteiger charge is -2.11. The molecule has 0 atom stereocenters. The number of carboxylic acid groups (broad SMARTS) is 1. The van der Waals surface area contributed by atoms with Crippen LogP contribution >= 0.6 is 31.9 Å². The van der Waals surface area contributed by atoms with Gasteiger partial charge in [-0.05, 0) is 34.6 Å². The number of aromatic carboxylic acids is 1. The molecule has 0 aliphatic carbocycles. The van der Waals surface area contributed by atoms with Gasteiger partial charge in [0.25, 0.3) is 0 Å². The van der Waals surface area contributed by atoms with Crippen LogP contribution in [0, 0.1) is 0 Å². The van der Waals surface area contributed by atoms with E-state index in [1.807, 2.05) is 6.92 Å². The van der Waals surface area contributed by atoms with E-state index in [4.69, 9.17) is 5.11 Å². The first-order valence-electron chi connectivity index (χ1n) is 5.68. The molecule has 7 heteroatoms. The van der Waals surface area contributed by atoms with Crippen molar-refractivity contribution in [3.05, 3.63) is 26.6 Å². The van der Waals surface area contributed by atoms with Crippen LogP contribution in [0.3, 0.4) is 0 Å². The Balaban J connectivity index is 2.88. The summed E-state index contributed by atoms with van der Waals surface area (Å²) in [6.45, 7) is 3.29. The Bertz CT molecular complexity index is 492. The van der Waals surface area contributed by atoms with Gasteiger partial charge in [0.15, 0.2) is 0 Å². The van der Waals surface area contributed by atoms with Crippen LogP contribution in [-0.2, 0) is 4.79 Å². The number of hydrogen-bond acceptors (Lipinski definition) is 3. The third-order valence-corrected chi connectivity index (χ3v) is 3.41. The van der Waals surface area contributed by atoms with E-state index in [-0.39, 0.29) is 23.6 Å². The number of carbonyl (C=O) groups is 2. The van der Waals surface area contributed by atoms with E-state index in [0.29, 0.717) is 15.5 Å². The zero-order valence-electron chi connectivity index (χ0n) is 10.3. The van der Waals surface area contributed by atoms with Crippen LogP contribution in [-0.4, -0.2) is 30.1 Å². The average Bonchev–Trinajstić information content (AvgIpc) is 2.32. The van der Waals surface area contributed by atoms with E-state index >= 15 is 0 Å². The standard InChI is InChI=1S/C12H14Br2N2O3/c1-2-15-4-3-10(17)16-11-8(12(18)19)5-7(13)6-9(11)14/h5-6,15H,2-4H2,1H3,(H,16,17)(H,18,19). The van der Waals surface area contributed by atoms with E-state index in [9.17, 15) is 9.59 Å². The zero-order valence-corrected chi connectivity index (χ0v) is 13.5. The van der Waals surface area contributed by atoms with Gasteiger partial charge in [-0.15, -0.1) is 0 Å². The fourth-order valence-electron chi connectivity index (χ4n) is 1.45. The lowest BCUT2D eigenvalue weighted by atomic mass is 10.1. The number of amides is 1. The summed E-state index contributed by atoms with van der Waals surface area (Å²) < 4.78 is 1.15. The van der Waals surface area contributed by atoms with Crippen molar-refractivity contribution in [1.82, 2.24) is 5.32 Å². The van der Waals surface area contributed by atoms with Crippen LogP contribution in [0.15, 0.2) is 21.1 Å². The summed E-state index contributed by atoms with van der Waals surface area (Å²) in [7, 11) is 0. The summed E-state index contributed by atoms with van der Waals surface area (Å²) in [5.41, 5.74) is 0.315. The highest BCUT2D eigenvalue weighted by Gasteiger charge is 2.16. The molecule has 1 aromatic carbocycles. The van der Waals surface area contributed by atoms with Gasteiger partial charge in [0.1, 0.15) is 0 Å². The third kappa shape index (κ3) is 4.93. The molecule has 0 aromatic heterocycles. The van der Waals surface area contributed by atoms with Crippen LogP contribution in [0.4, 0.5) is 5.69 Å². The molecule has 19 heavy (non-hydrogen) atoms. The van der Waals surface area contributed by atoms with Gasteiger partial charge in [-0.25, -0.2) is 4.79 Å². The highest BCUT2D eigenvalue weighted by atomic mass is 79.9. The second-order valence-electron chi connectivity index (χ2n) is 3.77. The zero-order chi connectivity index (χ0) is 14.4. The molecule has 1 aromatic rings. The maximum absolute atomic E-state index is 11.7. The van der Waals surface area contributed by atoms with Crippen molar-refractivity contribution < 1.29 is 14.7 Å². The summed E-state index contributed by atoms with van der Waals surface area (Å²) in [6.07, 6.45) is 0.287. The van der Waals surface area contributed by atoms with Crippen LogP contribution < -0.4 is 10.6 Å². The highest BCUT2D eigenvalue weighted by molar-refractivity contribution is 9.11. The minimum atomic E-state index is -1.09. The SMILES string of the molecule is CCNCCC(=O)Nc1c(Br)cc(Br)cc1C(=O)O. The number of rotatable bonds is 6. The average molecular weight is 394 g/mol. The van der Waals surface area contributed by atoms with E-state index in [1.54, 1.807) is 6.07 Å². The van der Waals surface area contributed by atoms with Crippen molar-refractivity contribution in [2.45, 2.75) is 13.3 Å². The Morgan fingerprint density at radius 2 is 2.00 bits per heavy atom. The van der Waals surface area contributed by atoms with Gasteiger partial charge in [0.2, 0.25) is 5.91 Å². The van der Waals surface area contributed by atoms with Crippen LogP contribution in [0.5, 0.6) is 0 Å². The summed E-state index contributed by atoms with van der Waals surface area (Å²) in [5, 5.41) is 14.8. The first-order valence-corrected chi connectivity index (χ1v) is 7.27. The maximum Gasteiger partial charge on any atom is 0.337 e. The van der Waals surface area contributed by atoms with E-state index in [2.05, 4.69) is 42.5 Å². The lowest BCUT2D eigenvalue weighted by molar-refractivity contribution is -0.116. The van der Waals surface area contributed by atoms with Gasteiger partial charge in [0.05, 0.1) is 11.3 Å². The molecule has 0 fully saturated rings. The van der Waals surface area contributed by atoms with Gasteiger partial charge in [-0.1, -0.05) is 22.9 Å². The molecule has 0 spiro atoms. The normalized spacial score (nSPS) is 10.3. The monoisotopic (exact) mass is 392 g/mol. The topological polar surface area (TPSA) is 78.4 Å². The Labute approximate surface area is 128 Å². The molecule has 1 rings (SSSR count). The van der Waals surface area contributed by atoms with Crippen molar-refractivity contribution >= 4 is 49.4 Å². The van der Waals surface area contributed by atoms with E-state index in [0.717, 1.165) is 6.54 Å². The molecule has 0 saturated heterocycles. The number of anilines is 1. The third-order valence-electron chi connectivity index (χ3n) is 2.33. The number of halogens is 2. The molecule has 1 amide bonds. The van der Waals surface area contributed by atoms with E-state index < -0.39 is 5.97 Å². The molecular formula is C12H14Br2N2O3. The summed E-state index contributed by atoms with van der Waals surface area (Å²) in [4.78, 5) is 22.9. The number of benzene rings is 1. The minimum absolute atomic E-state index is 0.0399. The quantitative estimate of drug-likeness (QED) is 0.649. The highest BCUT2D eigenvalue weighted by Crippen LogP contribution is 2.30. The molecule has 0 radical (unpaired) electrons. The van der Waals surface area contributed by atoms with Crippen LogP contribution in [0.1, 0.15) is 23.7 Å². The number of nitrogens with one attached hydrogen (secondary N) is 2. The van der Waals surface area contributed by atoms with Crippen molar-refractivity contribution in [3.8, 4) is 0 Å². The number of carboxylic acids is 1. The molecule has 0 unspecified atom stereocenters. The molecule has 3 N–H and O–H groups in total. The molecule has 0 aliphatic heterocycles. The molecule has 0 saturated carbocycles. The second kappa shape index (κ2) is 7.62.